The number of benzene rings is 2. The molecular formula is C18H22FNO. The van der Waals surface area contributed by atoms with Crippen molar-refractivity contribution in [1.29, 1.82) is 0 Å². The average Bonchev–Trinajstić information content (AvgIpc) is 2.49. The van der Waals surface area contributed by atoms with Gasteiger partial charge >= 0.3 is 0 Å². The maximum atomic E-state index is 13.0. The molecule has 1 unspecified atom stereocenters. The zero-order chi connectivity index (χ0) is 15.1. The Morgan fingerprint density at radius 3 is 2.00 bits per heavy atom. The van der Waals surface area contributed by atoms with E-state index in [1.165, 1.54) is 17.7 Å². The Bertz CT molecular complexity index is 489. The van der Waals surface area contributed by atoms with Crippen molar-refractivity contribution < 1.29 is 9.50 Å². The molecule has 0 radical (unpaired) electrons. The molecule has 112 valence electrons. The Hall–Kier alpha value is -1.87. The first kappa shape index (κ1) is 15.5. The molecule has 0 spiro atoms. The number of hydrogen-bond acceptors (Lipinski definition) is 2. The van der Waals surface area contributed by atoms with Crippen molar-refractivity contribution in [3.05, 3.63) is 65.5 Å². The van der Waals surface area contributed by atoms with E-state index in [0.717, 1.165) is 31.4 Å². The van der Waals surface area contributed by atoms with Gasteiger partial charge in [-0.3, -0.25) is 0 Å². The van der Waals surface area contributed by atoms with Crippen LogP contribution in [0.1, 0.15) is 24.5 Å². The highest BCUT2D eigenvalue weighted by Gasteiger charge is 2.10. The van der Waals surface area contributed by atoms with Gasteiger partial charge in [0.15, 0.2) is 0 Å². The van der Waals surface area contributed by atoms with E-state index >= 15 is 0 Å². The Morgan fingerprint density at radius 2 is 1.48 bits per heavy atom. The molecule has 3 heteroatoms. The predicted molar refractivity (Wildman–Crippen MR) is 84.0 cm³/mol. The molecule has 0 amide bonds. The van der Waals surface area contributed by atoms with Gasteiger partial charge in [0, 0.05) is 6.04 Å². The molecule has 0 aliphatic heterocycles. The quantitative estimate of drug-likeness (QED) is 0.814. The molecule has 0 aromatic heterocycles. The highest BCUT2D eigenvalue weighted by Crippen LogP contribution is 2.14. The third-order valence-corrected chi connectivity index (χ3v) is 3.50. The van der Waals surface area contributed by atoms with Gasteiger partial charge in [-0.15, -0.1) is 0 Å². The van der Waals surface area contributed by atoms with Crippen LogP contribution in [0.3, 0.4) is 0 Å². The van der Waals surface area contributed by atoms with Gasteiger partial charge in [-0.1, -0.05) is 31.2 Å². The minimum atomic E-state index is -0.199. The van der Waals surface area contributed by atoms with Gasteiger partial charge in [0.2, 0.25) is 0 Å². The second-order valence-electron chi connectivity index (χ2n) is 5.35. The molecule has 0 heterocycles. The van der Waals surface area contributed by atoms with Gasteiger partial charge in [0.1, 0.15) is 11.6 Å². The van der Waals surface area contributed by atoms with E-state index in [-0.39, 0.29) is 11.6 Å². The van der Waals surface area contributed by atoms with Crippen molar-refractivity contribution in [2.75, 3.05) is 6.54 Å². The van der Waals surface area contributed by atoms with E-state index in [2.05, 4.69) is 12.2 Å². The number of phenolic OH excluding ortho intramolecular Hbond substituents is 1. The second kappa shape index (κ2) is 7.79. The van der Waals surface area contributed by atoms with Crippen molar-refractivity contribution in [1.82, 2.24) is 5.32 Å². The number of halogens is 1. The summed E-state index contributed by atoms with van der Waals surface area (Å²) in [5.41, 5.74) is 2.31. The lowest BCUT2D eigenvalue weighted by molar-refractivity contribution is 0.474. The molecule has 0 aliphatic rings. The fourth-order valence-corrected chi connectivity index (χ4v) is 2.39. The van der Waals surface area contributed by atoms with E-state index in [4.69, 9.17) is 0 Å². The Balaban J connectivity index is 2.02. The van der Waals surface area contributed by atoms with Gasteiger partial charge in [-0.2, -0.15) is 0 Å². The fraction of sp³-hybridized carbons (Fsp3) is 0.333. The minimum Gasteiger partial charge on any atom is -0.508 e. The topological polar surface area (TPSA) is 32.3 Å². The Kier molecular flexibility index (Phi) is 5.76. The van der Waals surface area contributed by atoms with E-state index in [0.29, 0.717) is 6.04 Å². The number of phenols is 1. The van der Waals surface area contributed by atoms with Crippen molar-refractivity contribution in [2.24, 2.45) is 0 Å². The van der Waals surface area contributed by atoms with E-state index in [1.54, 1.807) is 12.1 Å². The van der Waals surface area contributed by atoms with Crippen LogP contribution in [0.4, 0.5) is 4.39 Å². The van der Waals surface area contributed by atoms with E-state index in [1.807, 2.05) is 24.3 Å². The maximum Gasteiger partial charge on any atom is 0.123 e. The smallest absolute Gasteiger partial charge is 0.123 e. The molecule has 2 nitrogen and oxygen atoms in total. The van der Waals surface area contributed by atoms with Crippen molar-refractivity contribution >= 4 is 0 Å². The first-order chi connectivity index (χ1) is 10.2. The zero-order valence-electron chi connectivity index (χ0n) is 12.3. The number of rotatable bonds is 7. The molecule has 1 atom stereocenters. The summed E-state index contributed by atoms with van der Waals surface area (Å²) in [5, 5.41) is 12.9. The fourth-order valence-electron chi connectivity index (χ4n) is 2.39. The molecule has 2 rings (SSSR count). The third kappa shape index (κ3) is 5.20. The molecule has 2 aromatic carbocycles. The van der Waals surface area contributed by atoms with Crippen LogP contribution in [0.5, 0.6) is 5.75 Å². The van der Waals surface area contributed by atoms with Gasteiger partial charge in [-0.25, -0.2) is 4.39 Å². The van der Waals surface area contributed by atoms with Crippen LogP contribution in [-0.4, -0.2) is 17.7 Å². The van der Waals surface area contributed by atoms with Crippen LogP contribution in [0.15, 0.2) is 48.5 Å². The second-order valence-corrected chi connectivity index (χ2v) is 5.35. The summed E-state index contributed by atoms with van der Waals surface area (Å²) in [7, 11) is 0. The SMILES string of the molecule is CCCNC(Cc1ccc(O)cc1)Cc1ccc(F)cc1. The molecule has 2 N–H and O–H groups in total. The van der Waals surface area contributed by atoms with Crippen LogP contribution in [0.2, 0.25) is 0 Å². The van der Waals surface area contributed by atoms with Crippen LogP contribution >= 0.6 is 0 Å². The van der Waals surface area contributed by atoms with Crippen molar-refractivity contribution in [3.8, 4) is 5.75 Å². The van der Waals surface area contributed by atoms with Gasteiger partial charge in [0.25, 0.3) is 0 Å². The zero-order valence-corrected chi connectivity index (χ0v) is 12.3. The largest absolute Gasteiger partial charge is 0.508 e. The summed E-state index contributed by atoms with van der Waals surface area (Å²) in [5.74, 6) is 0.0886. The van der Waals surface area contributed by atoms with E-state index < -0.39 is 0 Å². The predicted octanol–water partition coefficient (Wildman–Crippen LogP) is 3.68. The summed E-state index contributed by atoms with van der Waals surface area (Å²) in [6, 6.07) is 14.3. The molecule has 0 aliphatic carbocycles. The van der Waals surface area contributed by atoms with Crippen molar-refractivity contribution in [2.45, 2.75) is 32.2 Å². The standard InChI is InChI=1S/C18H22FNO/c1-2-11-20-17(12-14-3-7-16(19)8-4-14)13-15-5-9-18(21)10-6-15/h3-10,17,20-21H,2,11-13H2,1H3. The van der Waals surface area contributed by atoms with Crippen LogP contribution < -0.4 is 5.32 Å². The van der Waals surface area contributed by atoms with Crippen LogP contribution in [-0.2, 0) is 12.8 Å². The number of hydrogen-bond donors (Lipinski definition) is 2. The van der Waals surface area contributed by atoms with Crippen LogP contribution in [0.25, 0.3) is 0 Å². The molecule has 0 saturated heterocycles. The summed E-state index contributed by atoms with van der Waals surface area (Å²) >= 11 is 0. The number of nitrogens with one attached hydrogen (secondary N) is 1. The Labute approximate surface area is 125 Å². The molecular weight excluding hydrogens is 265 g/mol. The monoisotopic (exact) mass is 287 g/mol. The minimum absolute atomic E-state index is 0.199. The van der Waals surface area contributed by atoms with Crippen LogP contribution in [0, 0.1) is 5.82 Å². The molecule has 0 saturated carbocycles. The lowest BCUT2D eigenvalue weighted by atomic mass is 9.98. The number of aromatic hydroxyl groups is 1. The summed E-state index contributed by atoms with van der Waals surface area (Å²) in [6.45, 7) is 3.10. The van der Waals surface area contributed by atoms with Gasteiger partial charge in [-0.05, 0) is 61.2 Å². The lowest BCUT2D eigenvalue weighted by Crippen LogP contribution is -2.33. The molecule has 2 aromatic rings. The summed E-state index contributed by atoms with van der Waals surface area (Å²) < 4.78 is 13.0. The maximum absolute atomic E-state index is 13.0. The summed E-state index contributed by atoms with van der Waals surface area (Å²) in [6.07, 6.45) is 2.83. The Morgan fingerprint density at radius 1 is 0.952 bits per heavy atom. The lowest BCUT2D eigenvalue weighted by Gasteiger charge is -2.19. The first-order valence-corrected chi connectivity index (χ1v) is 7.43. The van der Waals surface area contributed by atoms with Gasteiger partial charge < -0.3 is 10.4 Å². The molecule has 0 fully saturated rings. The highest BCUT2D eigenvalue weighted by atomic mass is 19.1. The van der Waals surface area contributed by atoms with E-state index in [9.17, 15) is 9.50 Å². The normalized spacial score (nSPS) is 12.3. The first-order valence-electron chi connectivity index (χ1n) is 7.43. The van der Waals surface area contributed by atoms with Crippen molar-refractivity contribution in [3.63, 3.8) is 0 Å². The average molecular weight is 287 g/mol. The molecule has 0 bridgehead atoms. The summed E-state index contributed by atoms with van der Waals surface area (Å²) in [4.78, 5) is 0. The highest BCUT2D eigenvalue weighted by molar-refractivity contribution is 5.27. The third-order valence-electron chi connectivity index (χ3n) is 3.50. The molecule has 21 heavy (non-hydrogen) atoms. The van der Waals surface area contributed by atoms with Gasteiger partial charge in [0.05, 0.1) is 0 Å².